The van der Waals surface area contributed by atoms with E-state index in [0.717, 1.165) is 96.3 Å². The number of aromatic nitrogens is 12. The highest BCUT2D eigenvalue weighted by Gasteiger charge is 2.47. The number of fused-ring (bicyclic) bond motifs is 15. The van der Waals surface area contributed by atoms with Gasteiger partial charge in [0.2, 0.25) is 17.6 Å². The molecule has 6 N–H and O–H groups in total. The standard InChI is InChI=1S/3C29H37N7O4S/c3*1-28(2)13-11-20-6-5-17-30-22-7-4-8-25(31-22)41(38,39)34-27(37)21-9-10-23(32-26(21)36(20)28)35-18-12-24(33-35)40-19-16-29(3)14-15-29/h3*4,7-10,12,18,20H,5-6,11,13-17,19H2,1-3H3,(H,30,31)(H,34,37)/t2*20-;/m10./s1. The second kappa shape index (κ2) is 33.9. The number of carbonyl (C=O) groups excluding carboxylic acids is 3. The van der Waals surface area contributed by atoms with E-state index in [1.165, 1.54) is 56.7 Å². The summed E-state index contributed by atoms with van der Waals surface area (Å²) < 4.78 is 108. The zero-order valence-electron chi connectivity index (χ0n) is 71.3. The van der Waals surface area contributed by atoms with Crippen molar-refractivity contribution in [2.24, 2.45) is 16.2 Å². The molecule has 123 heavy (non-hydrogen) atoms. The normalized spacial score (nSPS) is 22.5. The van der Waals surface area contributed by atoms with Gasteiger partial charge in [-0.2, -0.15) is 25.3 Å². The lowest BCUT2D eigenvalue weighted by molar-refractivity contribution is 0.0972. The van der Waals surface area contributed by atoms with Gasteiger partial charge in [-0.25, -0.2) is 58.1 Å². The summed E-state index contributed by atoms with van der Waals surface area (Å²) in [7, 11) is -12.7. The summed E-state index contributed by atoms with van der Waals surface area (Å²) in [5, 5.41) is 22.7. The fourth-order valence-electron chi connectivity index (χ4n) is 17.2. The maximum absolute atomic E-state index is 13.6. The van der Waals surface area contributed by atoms with E-state index in [0.29, 0.717) is 126 Å². The van der Waals surface area contributed by atoms with Gasteiger partial charge in [0.25, 0.3) is 47.8 Å². The third-order valence-electron chi connectivity index (χ3n) is 25.6. The fourth-order valence-corrected chi connectivity index (χ4v) is 20.0. The molecule has 3 saturated heterocycles. The molecule has 0 radical (unpaired) electrons. The molecular weight excluding hydrogens is 1630 g/mol. The topological polar surface area (TPSA) is 394 Å². The average Bonchev–Trinajstić information content (AvgIpc) is 1.57. The highest BCUT2D eigenvalue weighted by Crippen LogP contribution is 2.51. The lowest BCUT2D eigenvalue weighted by Gasteiger charge is -2.38. The number of rotatable bonds is 15. The minimum atomic E-state index is -4.22. The molecule has 36 heteroatoms. The Hall–Kier alpha value is -11.0. The van der Waals surface area contributed by atoms with E-state index < -0.39 is 47.8 Å². The molecule has 0 spiro atoms. The zero-order valence-corrected chi connectivity index (χ0v) is 73.7. The Labute approximate surface area is 718 Å². The minimum absolute atomic E-state index is 0.125. The van der Waals surface area contributed by atoms with Crippen LogP contribution in [0.5, 0.6) is 17.6 Å². The van der Waals surface area contributed by atoms with E-state index >= 15 is 0 Å². The van der Waals surface area contributed by atoms with Gasteiger partial charge >= 0.3 is 0 Å². The van der Waals surface area contributed by atoms with Crippen LogP contribution in [0.1, 0.15) is 228 Å². The second-order valence-corrected chi connectivity index (χ2v) is 41.8. The van der Waals surface area contributed by atoms with E-state index in [4.69, 9.17) is 29.2 Å². The van der Waals surface area contributed by atoms with Gasteiger partial charge in [-0.3, -0.25) is 14.4 Å². The minimum Gasteiger partial charge on any atom is -0.477 e. The summed E-state index contributed by atoms with van der Waals surface area (Å²) in [6.45, 7) is 23.4. The van der Waals surface area contributed by atoms with Gasteiger partial charge in [-0.05, 0) is 265 Å². The summed E-state index contributed by atoms with van der Waals surface area (Å²) in [4.78, 5) is 74.9. The van der Waals surface area contributed by atoms with Crippen molar-refractivity contribution >= 4 is 82.7 Å². The monoisotopic (exact) mass is 1740 g/mol. The molecule has 1 unspecified atom stereocenters. The first kappa shape index (κ1) is 85.5. The van der Waals surface area contributed by atoms with Gasteiger partial charge in [0.05, 0.1) is 36.5 Å². The maximum atomic E-state index is 13.6. The zero-order chi connectivity index (χ0) is 86.5. The Morgan fingerprint density at radius 1 is 0.350 bits per heavy atom. The van der Waals surface area contributed by atoms with E-state index in [1.807, 2.05) is 0 Å². The predicted molar refractivity (Wildman–Crippen MR) is 465 cm³/mol. The number of pyridine rings is 6. The van der Waals surface area contributed by atoms with Crippen LogP contribution >= 0.6 is 0 Å². The lowest BCUT2D eigenvalue weighted by atomic mass is 10.0. The molecule has 3 atom stereocenters. The summed E-state index contributed by atoms with van der Waals surface area (Å²) in [6.07, 6.45) is 26.5. The Morgan fingerprint density at radius 3 is 0.894 bits per heavy atom. The predicted octanol–water partition coefficient (Wildman–Crippen LogP) is 12.9. The van der Waals surface area contributed by atoms with Crippen molar-refractivity contribution in [1.82, 2.24) is 73.4 Å². The van der Waals surface area contributed by atoms with Crippen molar-refractivity contribution in [3.8, 4) is 35.1 Å². The fraction of sp³-hybridized carbons (Fsp3) is 0.517. The molecule has 15 heterocycles. The van der Waals surface area contributed by atoms with E-state index in [2.05, 4.69) is 137 Å². The van der Waals surface area contributed by atoms with Crippen molar-refractivity contribution in [2.75, 3.05) is 70.1 Å². The molecule has 3 amide bonds. The Morgan fingerprint density at radius 2 is 0.626 bits per heavy atom. The van der Waals surface area contributed by atoms with Crippen LogP contribution in [0.3, 0.4) is 0 Å². The molecule has 9 aliphatic rings. The van der Waals surface area contributed by atoms with Crippen molar-refractivity contribution < 1.29 is 53.8 Å². The van der Waals surface area contributed by atoms with Crippen LogP contribution in [0.4, 0.5) is 34.9 Å². The highest BCUT2D eigenvalue weighted by atomic mass is 32.2. The van der Waals surface area contributed by atoms with Gasteiger partial charge in [0, 0.05) is 91.2 Å². The number of sulfonamides is 3. The molecule has 6 fully saturated rings. The van der Waals surface area contributed by atoms with Crippen LogP contribution in [-0.4, -0.2) is 176 Å². The Bertz CT molecular complexity index is 5250. The van der Waals surface area contributed by atoms with Gasteiger partial charge in [0.15, 0.2) is 32.5 Å². The van der Waals surface area contributed by atoms with Gasteiger partial charge in [0.1, 0.15) is 34.9 Å². The van der Waals surface area contributed by atoms with Crippen molar-refractivity contribution in [3.63, 3.8) is 0 Å². The number of nitrogens with zero attached hydrogens (tertiary/aromatic N) is 15. The van der Waals surface area contributed by atoms with E-state index in [9.17, 15) is 39.6 Å². The molecule has 0 aromatic carbocycles. The average molecular weight is 1740 g/mol. The van der Waals surface area contributed by atoms with E-state index in [-0.39, 0.29) is 66.5 Å². The van der Waals surface area contributed by atoms with Crippen LogP contribution in [0.15, 0.2) is 143 Å². The number of hydrogen-bond donors (Lipinski definition) is 6. The molecule has 3 aliphatic carbocycles. The first-order chi connectivity index (χ1) is 58.6. The highest BCUT2D eigenvalue weighted by molar-refractivity contribution is 7.90. The van der Waals surface area contributed by atoms with Crippen molar-refractivity contribution in [1.29, 1.82) is 0 Å². The smallest absolute Gasteiger partial charge is 0.281 e. The molecular formula is C87H111N21O12S3. The SMILES string of the molecule is CC1(CCOc2ccn(-c3ccc4c(n3)N3C(CCCNc5cccc(n5)S(=O)(=O)NC4=O)CCC3(C)C)n2)CC1.CC1(CCOc2ccn(-c3ccc4c(n3)N3[C@@H](CCCNc5cccc(n5)S(=O)(=O)NC4=O)CCC3(C)C)n2)CC1.CC1(CCOc2ccn(-c3ccc4c(n3)N3[C@H](CCCNc5cccc(n5)S(=O)(=O)NC4=O)CCC3(C)C)n2)CC1. The molecule has 9 aromatic heterocycles. The number of carbonyl (C=O) groups is 3. The molecule has 9 aromatic rings. The number of nitrogens with one attached hydrogen (secondary N) is 6. The number of hydrogen-bond acceptors (Lipinski definition) is 27. The van der Waals surface area contributed by atoms with Crippen molar-refractivity contribution in [2.45, 2.75) is 247 Å². The summed E-state index contributed by atoms with van der Waals surface area (Å²) in [5.41, 5.74) is 0.869. The van der Waals surface area contributed by atoms with Crippen LogP contribution < -0.4 is 59.0 Å². The summed E-state index contributed by atoms with van der Waals surface area (Å²) in [5.74, 6) is 3.52. The van der Waals surface area contributed by atoms with Gasteiger partial charge < -0.3 is 44.9 Å². The van der Waals surface area contributed by atoms with E-state index in [1.54, 1.807) is 124 Å². The molecule has 654 valence electrons. The summed E-state index contributed by atoms with van der Waals surface area (Å²) >= 11 is 0. The lowest BCUT2D eigenvalue weighted by Crippen LogP contribution is -2.45. The van der Waals surface area contributed by atoms with Crippen LogP contribution in [0, 0.1) is 16.2 Å². The number of anilines is 6. The number of ether oxygens (including phenoxy) is 3. The molecule has 33 nitrogen and oxygen atoms in total. The number of amides is 3. The first-order valence-electron chi connectivity index (χ1n) is 42.9. The van der Waals surface area contributed by atoms with Gasteiger partial charge in [-0.1, -0.05) is 39.0 Å². The van der Waals surface area contributed by atoms with Crippen LogP contribution in [0.2, 0.25) is 0 Å². The Balaban J connectivity index is 0.000000137. The van der Waals surface area contributed by atoms with Crippen LogP contribution in [-0.2, 0) is 30.1 Å². The third kappa shape index (κ3) is 19.7. The quantitative estimate of drug-likeness (QED) is 0.0555. The van der Waals surface area contributed by atoms with Crippen molar-refractivity contribution in [3.05, 3.63) is 144 Å². The molecule has 18 rings (SSSR count). The van der Waals surface area contributed by atoms with Gasteiger partial charge in [-0.15, -0.1) is 15.3 Å². The first-order valence-corrected chi connectivity index (χ1v) is 47.4. The second-order valence-electron chi connectivity index (χ2n) is 36.9. The Kier molecular flexibility index (Phi) is 23.6. The third-order valence-corrected chi connectivity index (χ3v) is 29.3. The molecule has 3 saturated carbocycles. The van der Waals surface area contributed by atoms with Crippen LogP contribution in [0.25, 0.3) is 17.5 Å². The molecule has 6 bridgehead atoms. The maximum Gasteiger partial charge on any atom is 0.281 e. The summed E-state index contributed by atoms with van der Waals surface area (Å²) in [6, 6.07) is 29.8. The molecule has 6 aliphatic heterocycles. The largest absolute Gasteiger partial charge is 0.477 e.